The van der Waals surface area contributed by atoms with Crippen LogP contribution in [0.25, 0.3) is 5.57 Å². The van der Waals surface area contributed by atoms with E-state index in [1.165, 1.54) is 68.9 Å². The van der Waals surface area contributed by atoms with Crippen LogP contribution in [0.4, 0.5) is 0 Å². The Kier molecular flexibility index (Phi) is 9.20. The van der Waals surface area contributed by atoms with Gasteiger partial charge in [-0.3, -0.25) is 9.69 Å². The van der Waals surface area contributed by atoms with Crippen molar-refractivity contribution < 1.29 is 14.7 Å². The number of allylic oxidation sites excluding steroid dienone is 2. The number of nitrogens with one attached hydrogen (secondary N) is 1. The molecular formula is C43H65N3O3. The molecule has 2 N–H and O–H groups in total. The topological polar surface area (TPSA) is 72.9 Å². The largest absolute Gasteiger partial charge is 0.478 e. The van der Waals surface area contributed by atoms with E-state index in [1.54, 1.807) is 12.1 Å². The average Bonchev–Trinajstić information content (AvgIpc) is 3.49. The smallest absolute Gasteiger partial charge is 0.335 e. The van der Waals surface area contributed by atoms with Gasteiger partial charge in [0.15, 0.2) is 0 Å². The summed E-state index contributed by atoms with van der Waals surface area (Å²) in [4.78, 5) is 28.6. The van der Waals surface area contributed by atoms with Crippen molar-refractivity contribution in [2.75, 3.05) is 39.3 Å². The van der Waals surface area contributed by atoms with Crippen LogP contribution in [0.3, 0.4) is 0 Å². The number of piperazine rings is 1. The number of fused-ring (bicyclic) bond motifs is 7. The lowest BCUT2D eigenvalue weighted by Crippen LogP contribution is -2.67. The normalized spacial score (nSPS) is 40.0. The van der Waals surface area contributed by atoms with Crippen LogP contribution in [0.5, 0.6) is 0 Å². The molecule has 0 spiro atoms. The molecule has 4 saturated carbocycles. The van der Waals surface area contributed by atoms with Gasteiger partial charge in [-0.05, 0) is 133 Å². The highest BCUT2D eigenvalue weighted by molar-refractivity contribution is 5.88. The summed E-state index contributed by atoms with van der Waals surface area (Å²) < 4.78 is 0. The predicted molar refractivity (Wildman–Crippen MR) is 198 cm³/mol. The average molecular weight is 672 g/mol. The van der Waals surface area contributed by atoms with Crippen LogP contribution in [0, 0.1) is 45.3 Å². The summed E-state index contributed by atoms with van der Waals surface area (Å²) >= 11 is 0. The van der Waals surface area contributed by atoms with E-state index in [0.717, 1.165) is 69.9 Å². The van der Waals surface area contributed by atoms with Gasteiger partial charge < -0.3 is 15.3 Å². The van der Waals surface area contributed by atoms with Crippen LogP contribution < -0.4 is 5.32 Å². The van der Waals surface area contributed by atoms with E-state index >= 15 is 0 Å². The quantitative estimate of drug-likeness (QED) is 0.290. The highest BCUT2D eigenvalue weighted by atomic mass is 16.4. The first-order chi connectivity index (χ1) is 23.3. The van der Waals surface area contributed by atoms with Crippen molar-refractivity contribution in [2.24, 2.45) is 45.3 Å². The summed E-state index contributed by atoms with van der Waals surface area (Å²) in [7, 11) is 0. The minimum absolute atomic E-state index is 0.0472. The van der Waals surface area contributed by atoms with Gasteiger partial charge in [0.05, 0.1) is 5.56 Å². The van der Waals surface area contributed by atoms with Crippen LogP contribution in [0.2, 0.25) is 0 Å². The molecule has 1 aliphatic heterocycles. The monoisotopic (exact) mass is 672 g/mol. The van der Waals surface area contributed by atoms with E-state index in [1.807, 2.05) is 12.1 Å². The molecule has 1 aromatic rings. The summed E-state index contributed by atoms with van der Waals surface area (Å²) in [5.41, 5.74) is 4.36. The van der Waals surface area contributed by atoms with E-state index < -0.39 is 5.97 Å². The van der Waals surface area contributed by atoms with E-state index in [0.29, 0.717) is 40.2 Å². The van der Waals surface area contributed by atoms with Crippen LogP contribution in [-0.4, -0.2) is 71.6 Å². The number of carboxylic acids is 1. The zero-order chi connectivity index (χ0) is 34.8. The molecule has 6 nitrogen and oxygen atoms in total. The number of hydrogen-bond donors (Lipinski definition) is 2. The Balaban J connectivity index is 1.05. The molecule has 6 heteroatoms. The van der Waals surface area contributed by atoms with Crippen LogP contribution in [0.15, 0.2) is 30.3 Å². The molecule has 6 aliphatic rings. The van der Waals surface area contributed by atoms with E-state index in [-0.39, 0.29) is 10.8 Å². The lowest BCUT2D eigenvalue weighted by Gasteiger charge is -2.72. The van der Waals surface area contributed by atoms with Gasteiger partial charge in [-0.15, -0.1) is 0 Å². The van der Waals surface area contributed by atoms with Gasteiger partial charge >= 0.3 is 5.97 Å². The number of aromatic carboxylic acids is 1. The lowest BCUT2D eigenvalue weighted by atomic mass is 9.33. The Bertz CT molecular complexity index is 1440. The van der Waals surface area contributed by atoms with Crippen molar-refractivity contribution in [3.63, 3.8) is 0 Å². The van der Waals surface area contributed by atoms with E-state index in [2.05, 4.69) is 62.7 Å². The second-order valence-corrected chi connectivity index (χ2v) is 18.6. The van der Waals surface area contributed by atoms with Crippen LogP contribution >= 0.6 is 0 Å². The lowest BCUT2D eigenvalue weighted by molar-refractivity contribution is -0.217. The molecule has 5 fully saturated rings. The van der Waals surface area contributed by atoms with Crippen molar-refractivity contribution >= 4 is 17.4 Å². The van der Waals surface area contributed by atoms with Gasteiger partial charge in [0.1, 0.15) is 0 Å². The van der Waals surface area contributed by atoms with Gasteiger partial charge in [-0.1, -0.05) is 66.2 Å². The molecule has 49 heavy (non-hydrogen) atoms. The molecule has 7 rings (SSSR count). The molecule has 1 saturated heterocycles. The first-order valence-corrected chi connectivity index (χ1v) is 20.1. The van der Waals surface area contributed by atoms with Crippen molar-refractivity contribution in [3.05, 3.63) is 41.5 Å². The summed E-state index contributed by atoms with van der Waals surface area (Å²) in [5.74, 6) is 2.44. The fraction of sp³-hybridized carbons (Fsp3) is 0.767. The van der Waals surface area contributed by atoms with Crippen molar-refractivity contribution in [2.45, 2.75) is 124 Å². The predicted octanol–water partition coefficient (Wildman–Crippen LogP) is 8.52. The zero-order valence-corrected chi connectivity index (χ0v) is 31.6. The number of nitrogens with zero attached hydrogens (tertiary/aromatic N) is 2. The number of rotatable bonds is 8. The minimum Gasteiger partial charge on any atom is -0.478 e. The fourth-order valence-electron chi connectivity index (χ4n) is 13.8. The van der Waals surface area contributed by atoms with Gasteiger partial charge in [-0.25, -0.2) is 4.79 Å². The number of carbonyl (C=O) groups is 2. The zero-order valence-electron chi connectivity index (χ0n) is 31.6. The third-order valence-electron chi connectivity index (χ3n) is 16.5. The second-order valence-electron chi connectivity index (χ2n) is 18.6. The molecule has 0 aromatic heterocycles. The number of carbonyl (C=O) groups excluding carboxylic acids is 1. The maximum Gasteiger partial charge on any atom is 0.335 e. The standard InChI is InChI=1S/C43H65N3O3/c1-7-9-37(47)46-28-26-45(27-29-46)25-24-44-43-19-8-10-34(43)33-15-16-36-40(4)20-17-32(30-11-13-31(14-12-30)38(48)49)39(2,3)35(40)18-21-42(36,6)41(33,5)22-23-43/h11-14,17,33-36,44H,7-10,15-16,18-29H2,1-6H3,(H,48,49)/t33-,34?,35?,36?,40+,41-,42-,43+/m1/s1. The Morgan fingerprint density at radius 2 is 1.57 bits per heavy atom. The molecular weight excluding hydrogens is 606 g/mol. The Morgan fingerprint density at radius 3 is 2.27 bits per heavy atom. The molecule has 0 bridgehead atoms. The molecule has 3 unspecified atom stereocenters. The van der Waals surface area contributed by atoms with Crippen molar-refractivity contribution in [3.8, 4) is 0 Å². The summed E-state index contributed by atoms with van der Waals surface area (Å²) in [6.07, 6.45) is 17.5. The maximum absolute atomic E-state index is 12.4. The Hall–Kier alpha value is -2.18. The molecule has 1 aromatic carbocycles. The third kappa shape index (κ3) is 5.56. The molecule has 270 valence electrons. The number of benzene rings is 1. The van der Waals surface area contributed by atoms with Crippen LogP contribution in [0.1, 0.15) is 135 Å². The first-order valence-electron chi connectivity index (χ1n) is 20.1. The number of hydrogen-bond acceptors (Lipinski definition) is 4. The van der Waals surface area contributed by atoms with Crippen LogP contribution in [-0.2, 0) is 4.79 Å². The number of amides is 1. The molecule has 1 heterocycles. The first kappa shape index (κ1) is 35.2. The summed E-state index contributed by atoms with van der Waals surface area (Å²) in [5, 5.41) is 13.7. The third-order valence-corrected chi connectivity index (χ3v) is 16.5. The maximum atomic E-state index is 12.4. The van der Waals surface area contributed by atoms with Gasteiger partial charge in [0.25, 0.3) is 0 Å². The number of carboxylic acid groups (broad SMARTS) is 1. The van der Waals surface area contributed by atoms with Crippen molar-refractivity contribution in [1.82, 2.24) is 15.1 Å². The molecule has 0 radical (unpaired) electrons. The van der Waals surface area contributed by atoms with E-state index in [9.17, 15) is 14.7 Å². The second kappa shape index (κ2) is 12.8. The van der Waals surface area contributed by atoms with Gasteiger partial charge in [0, 0.05) is 51.2 Å². The summed E-state index contributed by atoms with van der Waals surface area (Å²) in [6, 6.07) is 7.64. The molecule has 5 aliphatic carbocycles. The highest BCUT2D eigenvalue weighted by Gasteiger charge is 2.69. The van der Waals surface area contributed by atoms with Crippen molar-refractivity contribution in [1.29, 1.82) is 0 Å². The van der Waals surface area contributed by atoms with Gasteiger partial charge in [0.2, 0.25) is 5.91 Å². The fourth-order valence-corrected chi connectivity index (χ4v) is 13.8. The highest BCUT2D eigenvalue weighted by Crippen LogP contribution is 2.76. The van der Waals surface area contributed by atoms with E-state index in [4.69, 9.17) is 0 Å². The minimum atomic E-state index is -0.855. The SMILES string of the molecule is CCCC(=O)N1CCN(CCN[C@]23CCCC2[C@H]2CCC4[C@@]5(C)CC=C(c6ccc(C(=O)O)cc6)C(C)(C)C5CC[C@@]4(C)[C@]2(C)CC3)CC1. The van der Waals surface area contributed by atoms with Gasteiger partial charge in [-0.2, -0.15) is 0 Å². The Labute approximate surface area is 296 Å². The molecule has 1 amide bonds. The Morgan fingerprint density at radius 1 is 0.837 bits per heavy atom. The molecule has 8 atom stereocenters. The summed E-state index contributed by atoms with van der Waals surface area (Å²) in [6.45, 7) is 21.2.